The highest BCUT2D eigenvalue weighted by molar-refractivity contribution is 5.31. The molecule has 0 radical (unpaired) electrons. The van der Waals surface area contributed by atoms with E-state index in [1.165, 1.54) is 37.7 Å². The monoisotopic (exact) mass is 341 g/mol. The first-order valence-electron chi connectivity index (χ1n) is 9.37. The number of nitrogens with zero attached hydrogens (tertiary/aromatic N) is 3. The van der Waals surface area contributed by atoms with Crippen molar-refractivity contribution in [2.75, 3.05) is 13.2 Å². The van der Waals surface area contributed by atoms with Crippen LogP contribution < -0.4 is 9.47 Å². The lowest BCUT2D eigenvalue weighted by molar-refractivity contribution is 0.155. The fraction of sp³-hybridized carbons (Fsp3) is 0.550. The van der Waals surface area contributed by atoms with Crippen LogP contribution in [0.1, 0.15) is 37.7 Å². The first kappa shape index (κ1) is 16.5. The zero-order chi connectivity index (χ0) is 17.1. The molecule has 1 aliphatic heterocycles. The van der Waals surface area contributed by atoms with Gasteiger partial charge in [-0.25, -0.2) is 0 Å². The van der Waals surface area contributed by atoms with Gasteiger partial charge in [0.2, 0.25) is 0 Å². The Balaban J connectivity index is 1.20. The fourth-order valence-corrected chi connectivity index (χ4v) is 3.55. The fourth-order valence-electron chi connectivity index (χ4n) is 3.55. The van der Waals surface area contributed by atoms with E-state index >= 15 is 0 Å². The number of aromatic nitrogens is 2. The molecule has 0 amide bonds. The van der Waals surface area contributed by atoms with Gasteiger partial charge in [0.15, 0.2) is 0 Å². The summed E-state index contributed by atoms with van der Waals surface area (Å²) in [5.74, 6) is 1.88. The van der Waals surface area contributed by atoms with Gasteiger partial charge in [-0.05, 0) is 49.9 Å². The molecule has 25 heavy (non-hydrogen) atoms. The van der Waals surface area contributed by atoms with Gasteiger partial charge in [-0.1, -0.05) is 6.42 Å². The molecule has 0 bridgehead atoms. The van der Waals surface area contributed by atoms with Crippen LogP contribution in [0, 0.1) is 0 Å². The van der Waals surface area contributed by atoms with E-state index in [1.807, 2.05) is 42.2 Å². The second kappa shape index (κ2) is 7.48. The second-order valence-corrected chi connectivity index (χ2v) is 7.27. The molecule has 1 aliphatic carbocycles. The van der Waals surface area contributed by atoms with Crippen molar-refractivity contribution in [2.45, 2.75) is 50.8 Å². The molecular weight excluding hydrogens is 314 g/mol. The van der Waals surface area contributed by atoms with Crippen LogP contribution in [0.5, 0.6) is 11.5 Å². The predicted octanol–water partition coefficient (Wildman–Crippen LogP) is 3.39. The largest absolute Gasteiger partial charge is 0.492 e. The molecule has 5 nitrogen and oxygen atoms in total. The standard InChI is InChI=1S/C20H27N3O2/c1-22-12-16(11-21-22)13-23-14-17(23)15-24-18-7-9-20(10-8-18)25-19-5-3-2-4-6-19/h7-12,17,19H,2-6,13-15H2,1H3. The van der Waals surface area contributed by atoms with Crippen molar-refractivity contribution in [3.8, 4) is 11.5 Å². The van der Waals surface area contributed by atoms with Crippen LogP contribution in [0.25, 0.3) is 0 Å². The maximum Gasteiger partial charge on any atom is 0.119 e. The molecule has 1 saturated heterocycles. The summed E-state index contributed by atoms with van der Waals surface area (Å²) < 4.78 is 13.8. The Morgan fingerprint density at radius 2 is 1.84 bits per heavy atom. The first-order valence-corrected chi connectivity index (χ1v) is 9.37. The third-order valence-corrected chi connectivity index (χ3v) is 5.09. The molecule has 0 spiro atoms. The van der Waals surface area contributed by atoms with E-state index in [0.29, 0.717) is 12.1 Å². The molecule has 0 N–H and O–H groups in total. The van der Waals surface area contributed by atoms with Crippen LogP contribution in [0.3, 0.4) is 0 Å². The third-order valence-electron chi connectivity index (χ3n) is 5.09. The highest BCUT2D eigenvalue weighted by Gasteiger charge is 2.34. The number of ether oxygens (including phenoxy) is 2. The summed E-state index contributed by atoms with van der Waals surface area (Å²) in [6, 6.07) is 8.62. The van der Waals surface area contributed by atoms with Crippen molar-refractivity contribution >= 4 is 0 Å². The molecule has 2 aromatic rings. The van der Waals surface area contributed by atoms with Gasteiger partial charge in [0, 0.05) is 31.9 Å². The van der Waals surface area contributed by atoms with Crippen molar-refractivity contribution in [1.29, 1.82) is 0 Å². The van der Waals surface area contributed by atoms with E-state index in [-0.39, 0.29) is 0 Å². The van der Waals surface area contributed by atoms with Crippen LogP contribution in [-0.2, 0) is 13.6 Å². The molecule has 134 valence electrons. The molecule has 1 aromatic heterocycles. The topological polar surface area (TPSA) is 39.3 Å². The quantitative estimate of drug-likeness (QED) is 0.724. The Hall–Kier alpha value is -2.01. The van der Waals surface area contributed by atoms with Gasteiger partial charge in [0.25, 0.3) is 0 Å². The highest BCUT2D eigenvalue weighted by atomic mass is 16.5. The molecule has 4 rings (SSSR count). The van der Waals surface area contributed by atoms with E-state index < -0.39 is 0 Å². The van der Waals surface area contributed by atoms with Crippen molar-refractivity contribution in [3.05, 3.63) is 42.2 Å². The Labute approximate surface area is 149 Å². The lowest BCUT2D eigenvalue weighted by Gasteiger charge is -2.23. The summed E-state index contributed by atoms with van der Waals surface area (Å²) in [4.78, 5) is 2.40. The van der Waals surface area contributed by atoms with Crippen molar-refractivity contribution in [3.63, 3.8) is 0 Å². The highest BCUT2D eigenvalue weighted by Crippen LogP contribution is 2.26. The Morgan fingerprint density at radius 3 is 2.56 bits per heavy atom. The van der Waals surface area contributed by atoms with E-state index in [2.05, 4.69) is 16.2 Å². The molecule has 5 heteroatoms. The molecule has 1 saturated carbocycles. The Kier molecular flexibility index (Phi) is 4.92. The molecular formula is C20H27N3O2. The summed E-state index contributed by atoms with van der Waals surface area (Å²) in [5, 5.41) is 4.21. The van der Waals surface area contributed by atoms with Gasteiger partial charge < -0.3 is 9.47 Å². The summed E-state index contributed by atoms with van der Waals surface area (Å²) >= 11 is 0. The van der Waals surface area contributed by atoms with E-state index in [4.69, 9.17) is 9.47 Å². The van der Waals surface area contributed by atoms with Crippen LogP contribution in [0.2, 0.25) is 0 Å². The van der Waals surface area contributed by atoms with E-state index in [9.17, 15) is 0 Å². The van der Waals surface area contributed by atoms with Gasteiger partial charge in [-0.3, -0.25) is 9.58 Å². The van der Waals surface area contributed by atoms with Crippen molar-refractivity contribution in [1.82, 2.24) is 14.7 Å². The molecule has 2 heterocycles. The van der Waals surface area contributed by atoms with Gasteiger partial charge in [-0.2, -0.15) is 5.10 Å². The average molecular weight is 341 g/mol. The average Bonchev–Trinajstić information content (AvgIpc) is 3.24. The number of benzene rings is 1. The Morgan fingerprint density at radius 1 is 1.08 bits per heavy atom. The van der Waals surface area contributed by atoms with Crippen LogP contribution in [0.4, 0.5) is 0 Å². The lowest BCUT2D eigenvalue weighted by atomic mass is 9.98. The number of hydrogen-bond donors (Lipinski definition) is 0. The zero-order valence-electron chi connectivity index (χ0n) is 14.9. The van der Waals surface area contributed by atoms with Crippen LogP contribution in [-0.4, -0.2) is 40.0 Å². The van der Waals surface area contributed by atoms with Crippen molar-refractivity contribution < 1.29 is 9.47 Å². The van der Waals surface area contributed by atoms with Gasteiger partial charge in [0.1, 0.15) is 18.1 Å². The van der Waals surface area contributed by atoms with Crippen LogP contribution in [0.15, 0.2) is 36.7 Å². The van der Waals surface area contributed by atoms with Crippen molar-refractivity contribution in [2.24, 2.45) is 7.05 Å². The smallest absolute Gasteiger partial charge is 0.119 e. The predicted molar refractivity (Wildman–Crippen MR) is 96.8 cm³/mol. The molecule has 2 unspecified atom stereocenters. The van der Waals surface area contributed by atoms with E-state index in [1.54, 1.807) is 0 Å². The molecule has 2 aliphatic rings. The third kappa shape index (κ3) is 4.54. The maximum atomic E-state index is 6.06. The van der Waals surface area contributed by atoms with E-state index in [0.717, 1.165) is 31.2 Å². The Bertz CT molecular complexity index is 677. The van der Waals surface area contributed by atoms with Crippen LogP contribution >= 0.6 is 0 Å². The summed E-state index contributed by atoms with van der Waals surface area (Å²) in [5.41, 5.74) is 1.26. The minimum absolute atomic E-state index is 0.396. The van der Waals surface area contributed by atoms with Gasteiger partial charge in [0.05, 0.1) is 18.3 Å². The number of rotatable bonds is 7. The summed E-state index contributed by atoms with van der Waals surface area (Å²) in [7, 11) is 1.95. The molecule has 2 fully saturated rings. The number of hydrogen-bond acceptors (Lipinski definition) is 4. The normalized spacial score (nSPS) is 23.4. The zero-order valence-corrected chi connectivity index (χ0v) is 14.9. The molecule has 2 atom stereocenters. The molecule has 1 aromatic carbocycles. The summed E-state index contributed by atoms with van der Waals surface area (Å²) in [6.07, 6.45) is 10.7. The second-order valence-electron chi connectivity index (χ2n) is 7.27. The maximum absolute atomic E-state index is 6.06. The first-order chi connectivity index (χ1) is 12.3. The lowest BCUT2D eigenvalue weighted by Crippen LogP contribution is -2.19. The van der Waals surface area contributed by atoms with Gasteiger partial charge in [-0.15, -0.1) is 0 Å². The minimum atomic E-state index is 0.396. The van der Waals surface area contributed by atoms with Gasteiger partial charge >= 0.3 is 0 Å². The minimum Gasteiger partial charge on any atom is -0.492 e. The SMILES string of the molecule is Cn1cc(CN2CC2COc2ccc(OC3CCCCC3)cc2)cn1. The number of aryl methyl sites for hydroxylation is 1. The summed E-state index contributed by atoms with van der Waals surface area (Å²) in [6.45, 7) is 2.79.